The number of carboxylic acid groups (broad SMARTS) is 1. The third-order valence-electron chi connectivity index (χ3n) is 3.07. The number of nitrogens with zero attached hydrogens (tertiary/aromatic N) is 1. The lowest BCUT2D eigenvalue weighted by Gasteiger charge is -2.26. The van der Waals surface area contributed by atoms with Crippen molar-refractivity contribution < 1.29 is 18.3 Å². The highest BCUT2D eigenvalue weighted by Gasteiger charge is 2.34. The molecule has 0 saturated carbocycles. The van der Waals surface area contributed by atoms with Crippen molar-refractivity contribution in [1.29, 1.82) is 0 Å². The highest BCUT2D eigenvalue weighted by atomic mass is 35.5. The van der Waals surface area contributed by atoms with Crippen LogP contribution >= 0.6 is 11.6 Å². The first-order chi connectivity index (χ1) is 8.67. The van der Waals surface area contributed by atoms with Crippen LogP contribution in [-0.2, 0) is 14.8 Å². The SMILES string of the molecule is CC(c1cccc(Cl)c1)N(C)S(=O)(=O)C(C)C(=O)O. The Balaban J connectivity index is 3.06. The van der Waals surface area contributed by atoms with E-state index < -0.39 is 27.3 Å². The molecule has 19 heavy (non-hydrogen) atoms. The summed E-state index contributed by atoms with van der Waals surface area (Å²) in [7, 11) is -2.55. The predicted octanol–water partition coefficient (Wildman–Crippen LogP) is 2.14. The second kappa shape index (κ2) is 5.90. The van der Waals surface area contributed by atoms with Gasteiger partial charge in [-0.05, 0) is 31.5 Å². The molecule has 0 aliphatic heterocycles. The molecule has 1 N–H and O–H groups in total. The van der Waals surface area contributed by atoms with Gasteiger partial charge in [0.2, 0.25) is 10.0 Å². The Hall–Kier alpha value is -1.11. The molecule has 0 bridgehead atoms. The van der Waals surface area contributed by atoms with Gasteiger partial charge in [0, 0.05) is 18.1 Å². The lowest BCUT2D eigenvalue weighted by atomic mass is 10.1. The number of sulfonamides is 1. The Bertz CT molecular complexity index is 573. The van der Waals surface area contributed by atoms with Gasteiger partial charge in [-0.3, -0.25) is 4.79 Å². The minimum Gasteiger partial charge on any atom is -0.480 e. The Morgan fingerprint density at radius 1 is 1.37 bits per heavy atom. The number of carbonyl (C=O) groups is 1. The zero-order valence-corrected chi connectivity index (χ0v) is 12.4. The van der Waals surface area contributed by atoms with E-state index in [1.807, 2.05) is 0 Å². The summed E-state index contributed by atoms with van der Waals surface area (Å²) >= 11 is 5.86. The van der Waals surface area contributed by atoms with Crippen LogP contribution < -0.4 is 0 Å². The molecule has 5 nitrogen and oxygen atoms in total. The van der Waals surface area contributed by atoms with Crippen molar-refractivity contribution in [3.63, 3.8) is 0 Å². The largest absolute Gasteiger partial charge is 0.480 e. The molecule has 1 aromatic rings. The number of hydrogen-bond acceptors (Lipinski definition) is 3. The summed E-state index contributed by atoms with van der Waals surface area (Å²) in [6.45, 7) is 2.83. The van der Waals surface area contributed by atoms with Crippen LogP contribution in [0.5, 0.6) is 0 Å². The van der Waals surface area contributed by atoms with Crippen molar-refractivity contribution in [2.75, 3.05) is 7.05 Å². The van der Waals surface area contributed by atoms with Gasteiger partial charge in [0.1, 0.15) is 0 Å². The van der Waals surface area contributed by atoms with Gasteiger partial charge in [0.15, 0.2) is 5.25 Å². The molecule has 0 aliphatic carbocycles. The fourth-order valence-electron chi connectivity index (χ4n) is 1.57. The molecular weight excluding hydrogens is 290 g/mol. The second-order valence-corrected chi connectivity index (χ2v) is 7.02. The summed E-state index contributed by atoms with van der Waals surface area (Å²) in [5.74, 6) is -1.37. The minimum absolute atomic E-state index is 0.495. The molecule has 2 unspecified atom stereocenters. The highest BCUT2D eigenvalue weighted by molar-refractivity contribution is 7.90. The van der Waals surface area contributed by atoms with Crippen LogP contribution in [0.4, 0.5) is 0 Å². The maximum Gasteiger partial charge on any atom is 0.323 e. The fourth-order valence-corrected chi connectivity index (χ4v) is 3.09. The second-order valence-electron chi connectivity index (χ2n) is 4.27. The van der Waals surface area contributed by atoms with Crippen molar-refractivity contribution in [3.05, 3.63) is 34.9 Å². The Kier molecular flexibility index (Phi) is 4.95. The average molecular weight is 306 g/mol. The standard InChI is InChI=1S/C12H16ClNO4S/c1-8(10-5-4-6-11(13)7-10)14(3)19(17,18)9(2)12(15)16/h4-9H,1-3H3,(H,15,16). The molecule has 2 atom stereocenters. The smallest absolute Gasteiger partial charge is 0.323 e. The quantitative estimate of drug-likeness (QED) is 0.904. The van der Waals surface area contributed by atoms with Gasteiger partial charge < -0.3 is 5.11 Å². The van der Waals surface area contributed by atoms with Crippen molar-refractivity contribution in [3.8, 4) is 0 Å². The third kappa shape index (κ3) is 3.46. The molecule has 0 radical (unpaired) electrons. The zero-order valence-electron chi connectivity index (χ0n) is 10.9. The highest BCUT2D eigenvalue weighted by Crippen LogP contribution is 2.25. The van der Waals surface area contributed by atoms with Crippen LogP contribution in [0.1, 0.15) is 25.5 Å². The Labute approximate surface area is 117 Å². The van der Waals surface area contributed by atoms with E-state index in [0.717, 1.165) is 11.2 Å². The Morgan fingerprint density at radius 2 is 1.95 bits per heavy atom. The summed E-state index contributed by atoms with van der Waals surface area (Å²) in [5.41, 5.74) is 0.705. The molecule has 1 rings (SSSR count). The van der Waals surface area contributed by atoms with E-state index >= 15 is 0 Å². The van der Waals surface area contributed by atoms with Gasteiger partial charge in [0.05, 0.1) is 0 Å². The molecule has 0 heterocycles. The molecule has 1 aromatic carbocycles. The molecule has 0 amide bonds. The average Bonchev–Trinajstić information content (AvgIpc) is 2.35. The normalized spacial score (nSPS) is 15.2. The van der Waals surface area contributed by atoms with Gasteiger partial charge in [0.25, 0.3) is 0 Å². The number of rotatable bonds is 5. The van der Waals surface area contributed by atoms with Crippen molar-refractivity contribution in [2.24, 2.45) is 0 Å². The molecule has 0 spiro atoms. The summed E-state index contributed by atoms with van der Waals surface area (Å²) in [4.78, 5) is 10.8. The number of benzene rings is 1. The van der Waals surface area contributed by atoms with Crippen LogP contribution in [0.25, 0.3) is 0 Å². The topological polar surface area (TPSA) is 74.7 Å². The summed E-state index contributed by atoms with van der Waals surface area (Å²) < 4.78 is 25.2. The van der Waals surface area contributed by atoms with E-state index in [-0.39, 0.29) is 0 Å². The van der Waals surface area contributed by atoms with E-state index in [2.05, 4.69) is 0 Å². The molecule has 106 valence electrons. The first kappa shape index (κ1) is 15.9. The van der Waals surface area contributed by atoms with Crippen molar-refractivity contribution in [2.45, 2.75) is 25.1 Å². The van der Waals surface area contributed by atoms with E-state index in [1.54, 1.807) is 31.2 Å². The lowest BCUT2D eigenvalue weighted by molar-refractivity contribution is -0.136. The van der Waals surface area contributed by atoms with Gasteiger partial charge >= 0.3 is 5.97 Å². The van der Waals surface area contributed by atoms with E-state index in [9.17, 15) is 13.2 Å². The molecule has 7 heteroatoms. The van der Waals surface area contributed by atoms with E-state index in [1.165, 1.54) is 7.05 Å². The number of carboxylic acids is 1. The lowest BCUT2D eigenvalue weighted by Crippen LogP contribution is -2.40. The molecule has 0 fully saturated rings. The summed E-state index contributed by atoms with van der Waals surface area (Å²) in [5, 5.41) is 7.85. The van der Waals surface area contributed by atoms with Crippen LogP contribution in [0.3, 0.4) is 0 Å². The maximum absolute atomic E-state index is 12.1. The van der Waals surface area contributed by atoms with Gasteiger partial charge in [-0.1, -0.05) is 23.7 Å². The molecule has 0 saturated heterocycles. The van der Waals surface area contributed by atoms with Crippen LogP contribution in [0, 0.1) is 0 Å². The van der Waals surface area contributed by atoms with Crippen LogP contribution in [-0.4, -0.2) is 36.1 Å². The summed E-state index contributed by atoms with van der Waals surface area (Å²) in [6.07, 6.45) is 0. The van der Waals surface area contributed by atoms with Crippen molar-refractivity contribution >= 4 is 27.6 Å². The first-order valence-electron chi connectivity index (χ1n) is 5.63. The minimum atomic E-state index is -3.91. The molecular formula is C12H16ClNO4S. The van der Waals surface area contributed by atoms with Gasteiger partial charge in [-0.2, -0.15) is 4.31 Å². The molecule has 0 aromatic heterocycles. The molecule has 0 aliphatic rings. The zero-order chi connectivity index (χ0) is 14.8. The maximum atomic E-state index is 12.1. The van der Waals surface area contributed by atoms with Gasteiger partial charge in [-0.15, -0.1) is 0 Å². The van der Waals surface area contributed by atoms with Crippen LogP contribution in [0.2, 0.25) is 5.02 Å². The first-order valence-corrected chi connectivity index (χ1v) is 7.51. The monoisotopic (exact) mass is 305 g/mol. The van der Waals surface area contributed by atoms with Gasteiger partial charge in [-0.25, -0.2) is 8.42 Å². The van der Waals surface area contributed by atoms with E-state index in [0.29, 0.717) is 10.6 Å². The third-order valence-corrected chi connectivity index (χ3v) is 5.52. The van der Waals surface area contributed by atoms with E-state index in [4.69, 9.17) is 16.7 Å². The van der Waals surface area contributed by atoms with Crippen LogP contribution in [0.15, 0.2) is 24.3 Å². The fraction of sp³-hybridized carbons (Fsp3) is 0.417. The Morgan fingerprint density at radius 3 is 2.42 bits per heavy atom. The predicted molar refractivity (Wildman–Crippen MR) is 73.6 cm³/mol. The number of halogens is 1. The summed E-state index contributed by atoms with van der Waals surface area (Å²) in [6, 6.07) is 6.31. The van der Waals surface area contributed by atoms with Crippen molar-refractivity contribution in [1.82, 2.24) is 4.31 Å². The number of aliphatic carboxylic acids is 1. The number of hydrogen-bond donors (Lipinski definition) is 1.